The summed E-state index contributed by atoms with van der Waals surface area (Å²) in [7, 11) is 0. The molecule has 0 aliphatic heterocycles. The molecule has 0 radical (unpaired) electrons. The molecular formula is C14H22N2O3. The minimum Gasteiger partial charge on any atom is -0.347 e. The molecule has 4 fully saturated rings. The van der Waals surface area contributed by atoms with Crippen molar-refractivity contribution in [3.8, 4) is 0 Å². The third kappa shape index (κ3) is 2.35. The Kier molecular flexibility index (Phi) is 3.02. The van der Waals surface area contributed by atoms with Crippen LogP contribution in [0.25, 0.3) is 0 Å². The van der Waals surface area contributed by atoms with E-state index in [1.54, 1.807) is 0 Å². The average Bonchev–Trinajstić information content (AvgIpc) is 2.25. The average molecular weight is 266 g/mol. The minimum absolute atomic E-state index is 0.0772. The van der Waals surface area contributed by atoms with Crippen LogP contribution in [0.4, 0.5) is 0 Å². The summed E-state index contributed by atoms with van der Waals surface area (Å²) in [6.45, 7) is 1.45. The first-order valence-electron chi connectivity index (χ1n) is 7.38. The first-order chi connectivity index (χ1) is 8.97. The van der Waals surface area contributed by atoms with Crippen molar-refractivity contribution in [1.82, 2.24) is 5.32 Å². The van der Waals surface area contributed by atoms with Crippen molar-refractivity contribution in [2.75, 3.05) is 6.54 Å². The van der Waals surface area contributed by atoms with E-state index in [1.807, 2.05) is 6.92 Å². The van der Waals surface area contributed by atoms with Gasteiger partial charge in [0.25, 0.3) is 12.5 Å². The molecule has 0 aromatic heterocycles. The number of amides is 1. The fourth-order valence-electron chi connectivity index (χ4n) is 5.27. The molecule has 1 amide bonds. The number of nitrogens with zero attached hydrogens (tertiary/aromatic N) is 1. The highest BCUT2D eigenvalue weighted by Crippen LogP contribution is 2.61. The van der Waals surface area contributed by atoms with Crippen molar-refractivity contribution in [3.63, 3.8) is 0 Å². The molecule has 1 atom stereocenters. The highest BCUT2D eigenvalue weighted by molar-refractivity contribution is 5.77. The third-order valence-electron chi connectivity index (χ3n) is 5.65. The molecule has 19 heavy (non-hydrogen) atoms. The van der Waals surface area contributed by atoms with E-state index in [2.05, 4.69) is 5.32 Å². The summed E-state index contributed by atoms with van der Waals surface area (Å²) < 4.78 is 0. The Morgan fingerprint density at radius 2 is 1.74 bits per heavy atom. The second-order valence-electron chi connectivity index (χ2n) is 7.06. The fraction of sp³-hybridized carbons (Fsp3) is 0.929. The van der Waals surface area contributed by atoms with Crippen molar-refractivity contribution >= 4 is 5.91 Å². The monoisotopic (exact) mass is 266 g/mol. The van der Waals surface area contributed by atoms with Gasteiger partial charge in [-0.25, -0.2) is 0 Å². The molecule has 0 spiro atoms. The maximum absolute atomic E-state index is 11.6. The number of nitro groups is 1. The van der Waals surface area contributed by atoms with Gasteiger partial charge in [0.2, 0.25) is 0 Å². The lowest BCUT2D eigenvalue weighted by Gasteiger charge is -2.59. The van der Waals surface area contributed by atoms with Gasteiger partial charge >= 0.3 is 0 Å². The van der Waals surface area contributed by atoms with Crippen LogP contribution >= 0.6 is 0 Å². The van der Waals surface area contributed by atoms with Gasteiger partial charge in [0.1, 0.15) is 0 Å². The van der Waals surface area contributed by atoms with Crippen LogP contribution in [0.15, 0.2) is 0 Å². The molecule has 0 aromatic rings. The van der Waals surface area contributed by atoms with Gasteiger partial charge in [0.05, 0.1) is 0 Å². The molecule has 0 saturated heterocycles. The highest BCUT2D eigenvalue weighted by Gasteiger charge is 2.53. The Morgan fingerprint density at radius 1 is 1.26 bits per heavy atom. The van der Waals surface area contributed by atoms with Crippen LogP contribution in [0, 0.1) is 33.3 Å². The standard InChI is InChI=1S/C14H22N2O3/c1-9(15-13(17)8-16(18)19)14-5-10-2-11(6-14)4-12(3-10)7-14/h9-12H,2-8H2,1H3,(H,15,17). The third-order valence-corrected chi connectivity index (χ3v) is 5.65. The normalized spacial score (nSPS) is 41.0. The van der Waals surface area contributed by atoms with Crippen molar-refractivity contribution in [1.29, 1.82) is 0 Å². The summed E-state index contributed by atoms with van der Waals surface area (Å²) in [5.41, 5.74) is 0.223. The number of carbonyl (C=O) groups excluding carboxylic acids is 1. The summed E-state index contributed by atoms with van der Waals surface area (Å²) in [5, 5.41) is 13.3. The molecule has 4 rings (SSSR count). The summed E-state index contributed by atoms with van der Waals surface area (Å²) in [5.74, 6) is 2.07. The second kappa shape index (κ2) is 4.46. The number of rotatable bonds is 4. The minimum atomic E-state index is -0.600. The Bertz CT molecular complexity index is 372. The van der Waals surface area contributed by atoms with Crippen LogP contribution in [-0.2, 0) is 4.79 Å². The first kappa shape index (κ1) is 12.9. The molecule has 1 unspecified atom stereocenters. The molecule has 1 N–H and O–H groups in total. The summed E-state index contributed by atoms with van der Waals surface area (Å²) in [6.07, 6.45) is 7.73. The fourth-order valence-corrected chi connectivity index (χ4v) is 5.27. The quantitative estimate of drug-likeness (QED) is 0.624. The number of hydrogen-bond acceptors (Lipinski definition) is 3. The molecule has 106 valence electrons. The van der Waals surface area contributed by atoms with E-state index in [4.69, 9.17) is 0 Å². The lowest BCUT2D eigenvalue weighted by atomic mass is 9.48. The maximum atomic E-state index is 11.6. The zero-order chi connectivity index (χ0) is 13.6. The van der Waals surface area contributed by atoms with Crippen molar-refractivity contribution in [3.05, 3.63) is 10.1 Å². The molecule has 0 heterocycles. The van der Waals surface area contributed by atoms with Gasteiger partial charge in [0.15, 0.2) is 0 Å². The Morgan fingerprint density at radius 3 is 2.16 bits per heavy atom. The first-order valence-corrected chi connectivity index (χ1v) is 7.38. The van der Waals surface area contributed by atoms with Gasteiger partial charge in [-0.05, 0) is 68.6 Å². The van der Waals surface area contributed by atoms with Gasteiger partial charge in [0, 0.05) is 11.0 Å². The largest absolute Gasteiger partial charge is 0.347 e. The topological polar surface area (TPSA) is 72.2 Å². The van der Waals surface area contributed by atoms with E-state index in [9.17, 15) is 14.9 Å². The number of nitrogens with one attached hydrogen (secondary N) is 1. The molecular weight excluding hydrogens is 244 g/mol. The Balaban J connectivity index is 1.67. The molecule has 0 aromatic carbocycles. The molecule has 4 aliphatic carbocycles. The lowest BCUT2D eigenvalue weighted by molar-refractivity contribution is -0.467. The predicted molar refractivity (Wildman–Crippen MR) is 70.1 cm³/mol. The molecule has 4 saturated carbocycles. The Hall–Kier alpha value is -1.13. The van der Waals surface area contributed by atoms with Crippen LogP contribution in [0.5, 0.6) is 0 Å². The maximum Gasteiger partial charge on any atom is 0.291 e. The summed E-state index contributed by atoms with van der Waals surface area (Å²) in [4.78, 5) is 21.4. The smallest absolute Gasteiger partial charge is 0.291 e. The second-order valence-corrected chi connectivity index (χ2v) is 7.06. The number of hydrogen-bond donors (Lipinski definition) is 1. The van der Waals surface area contributed by atoms with Gasteiger partial charge < -0.3 is 5.32 Å². The summed E-state index contributed by atoms with van der Waals surface area (Å²) in [6, 6.07) is 0.0772. The molecule has 5 nitrogen and oxygen atoms in total. The van der Waals surface area contributed by atoms with Gasteiger partial charge in [-0.3, -0.25) is 14.9 Å². The van der Waals surface area contributed by atoms with E-state index in [0.29, 0.717) is 0 Å². The SMILES string of the molecule is CC(NC(=O)C[N+](=O)[O-])C12CC3CC(CC(C3)C1)C2. The van der Waals surface area contributed by atoms with E-state index >= 15 is 0 Å². The van der Waals surface area contributed by atoms with Crippen molar-refractivity contribution < 1.29 is 9.72 Å². The van der Waals surface area contributed by atoms with Crippen LogP contribution in [0.2, 0.25) is 0 Å². The number of carbonyl (C=O) groups is 1. The molecule has 4 aliphatic rings. The van der Waals surface area contributed by atoms with Crippen LogP contribution < -0.4 is 5.32 Å². The van der Waals surface area contributed by atoms with Crippen LogP contribution in [0.3, 0.4) is 0 Å². The van der Waals surface area contributed by atoms with Crippen LogP contribution in [-0.4, -0.2) is 23.4 Å². The Labute approximate surface area is 113 Å². The van der Waals surface area contributed by atoms with Crippen LogP contribution in [0.1, 0.15) is 45.4 Å². The zero-order valence-corrected chi connectivity index (χ0v) is 11.4. The van der Waals surface area contributed by atoms with Gasteiger partial charge in [-0.15, -0.1) is 0 Å². The van der Waals surface area contributed by atoms with Gasteiger partial charge in [-0.2, -0.15) is 0 Å². The molecule has 4 bridgehead atoms. The van der Waals surface area contributed by atoms with Crippen molar-refractivity contribution in [2.45, 2.75) is 51.5 Å². The van der Waals surface area contributed by atoms with E-state index in [-0.39, 0.29) is 11.5 Å². The predicted octanol–water partition coefficient (Wildman–Crippen LogP) is 1.98. The van der Waals surface area contributed by atoms with E-state index < -0.39 is 17.4 Å². The van der Waals surface area contributed by atoms with E-state index in [0.717, 1.165) is 17.8 Å². The highest BCUT2D eigenvalue weighted by atomic mass is 16.6. The van der Waals surface area contributed by atoms with Gasteiger partial charge in [-0.1, -0.05) is 0 Å². The van der Waals surface area contributed by atoms with Crippen molar-refractivity contribution in [2.24, 2.45) is 23.2 Å². The molecule has 5 heteroatoms. The summed E-state index contributed by atoms with van der Waals surface area (Å²) >= 11 is 0. The zero-order valence-electron chi connectivity index (χ0n) is 11.4. The lowest BCUT2D eigenvalue weighted by Crippen LogP contribution is -2.56. The van der Waals surface area contributed by atoms with E-state index in [1.165, 1.54) is 38.5 Å².